The van der Waals surface area contributed by atoms with Crippen molar-refractivity contribution in [1.82, 2.24) is 20.1 Å². The normalized spacial score (nSPS) is 14.3. The molecule has 6 heteroatoms. The number of benzene rings is 1. The number of rotatable bonds is 4. The van der Waals surface area contributed by atoms with E-state index in [9.17, 15) is 4.39 Å². The number of hydrogen-bond donors (Lipinski definition) is 1. The lowest BCUT2D eigenvalue weighted by atomic mass is 10.1. The van der Waals surface area contributed by atoms with Gasteiger partial charge in [0.2, 0.25) is 0 Å². The van der Waals surface area contributed by atoms with E-state index in [1.807, 2.05) is 0 Å². The van der Waals surface area contributed by atoms with Crippen molar-refractivity contribution in [3.05, 3.63) is 46.3 Å². The molecule has 3 rings (SSSR count). The van der Waals surface area contributed by atoms with Crippen LogP contribution in [0.25, 0.3) is 0 Å². The van der Waals surface area contributed by atoms with Gasteiger partial charge in [-0.25, -0.2) is 4.39 Å². The summed E-state index contributed by atoms with van der Waals surface area (Å²) >= 11 is 5.76. The molecule has 0 atom stereocenters. The molecule has 1 aliphatic heterocycles. The lowest BCUT2D eigenvalue weighted by Gasteiger charge is -2.14. The minimum absolute atomic E-state index is 0.157. The van der Waals surface area contributed by atoms with Crippen molar-refractivity contribution in [3.63, 3.8) is 0 Å². The summed E-state index contributed by atoms with van der Waals surface area (Å²) in [6, 6.07) is 4.76. The molecule has 20 heavy (non-hydrogen) atoms. The SMILES string of the molecule is Fc1ccc(CNCc2nnc3n2CCCC3)cc1Cl. The Kier molecular flexibility index (Phi) is 3.98. The van der Waals surface area contributed by atoms with Gasteiger partial charge in [0.15, 0.2) is 0 Å². The quantitative estimate of drug-likeness (QED) is 0.943. The molecule has 2 aromatic rings. The highest BCUT2D eigenvalue weighted by Crippen LogP contribution is 2.16. The second kappa shape index (κ2) is 5.89. The average Bonchev–Trinajstić information content (AvgIpc) is 2.86. The lowest BCUT2D eigenvalue weighted by molar-refractivity contribution is 0.497. The van der Waals surface area contributed by atoms with E-state index in [2.05, 4.69) is 20.1 Å². The standard InChI is InChI=1S/C14H16ClFN4/c15-11-7-10(4-5-12(11)16)8-17-9-14-19-18-13-3-1-2-6-20(13)14/h4-5,7,17H,1-3,6,8-9H2. The molecule has 0 amide bonds. The maximum absolute atomic E-state index is 13.1. The summed E-state index contributed by atoms with van der Waals surface area (Å²) in [6.45, 7) is 2.28. The molecule has 1 aromatic carbocycles. The molecule has 1 aliphatic rings. The Morgan fingerprint density at radius 2 is 2.15 bits per heavy atom. The first-order chi connectivity index (χ1) is 9.74. The first-order valence-electron chi connectivity index (χ1n) is 6.79. The number of fused-ring (bicyclic) bond motifs is 1. The van der Waals surface area contributed by atoms with Gasteiger partial charge in [0.1, 0.15) is 17.5 Å². The van der Waals surface area contributed by atoms with Crippen LogP contribution >= 0.6 is 11.6 Å². The first kappa shape index (κ1) is 13.5. The van der Waals surface area contributed by atoms with Crippen LogP contribution in [-0.2, 0) is 26.1 Å². The third-order valence-corrected chi connectivity index (χ3v) is 3.82. The molecule has 0 fully saturated rings. The Balaban J connectivity index is 1.60. The second-order valence-electron chi connectivity index (χ2n) is 4.99. The van der Waals surface area contributed by atoms with Gasteiger partial charge in [0.25, 0.3) is 0 Å². The van der Waals surface area contributed by atoms with Crippen LogP contribution in [0.2, 0.25) is 5.02 Å². The van der Waals surface area contributed by atoms with Gasteiger partial charge in [-0.15, -0.1) is 10.2 Å². The molecule has 0 saturated heterocycles. The van der Waals surface area contributed by atoms with Gasteiger partial charge in [0, 0.05) is 19.5 Å². The summed E-state index contributed by atoms with van der Waals surface area (Å²) in [5.74, 6) is 1.66. The van der Waals surface area contributed by atoms with Crippen molar-refractivity contribution in [2.75, 3.05) is 0 Å². The van der Waals surface area contributed by atoms with Crippen molar-refractivity contribution in [1.29, 1.82) is 0 Å². The molecular formula is C14H16ClFN4. The van der Waals surface area contributed by atoms with Gasteiger partial charge in [-0.2, -0.15) is 0 Å². The van der Waals surface area contributed by atoms with E-state index in [0.29, 0.717) is 13.1 Å². The number of nitrogens with zero attached hydrogens (tertiary/aromatic N) is 3. The van der Waals surface area contributed by atoms with E-state index in [1.54, 1.807) is 12.1 Å². The van der Waals surface area contributed by atoms with Crippen LogP contribution in [0.15, 0.2) is 18.2 Å². The van der Waals surface area contributed by atoms with Gasteiger partial charge in [-0.05, 0) is 30.5 Å². The van der Waals surface area contributed by atoms with Crippen LogP contribution < -0.4 is 5.32 Å². The zero-order chi connectivity index (χ0) is 13.9. The fraction of sp³-hybridized carbons (Fsp3) is 0.429. The van der Waals surface area contributed by atoms with Crippen LogP contribution in [0.4, 0.5) is 4.39 Å². The van der Waals surface area contributed by atoms with E-state index < -0.39 is 0 Å². The maximum Gasteiger partial charge on any atom is 0.147 e. The second-order valence-corrected chi connectivity index (χ2v) is 5.40. The molecular weight excluding hydrogens is 279 g/mol. The zero-order valence-corrected chi connectivity index (χ0v) is 11.8. The van der Waals surface area contributed by atoms with Crippen LogP contribution in [0.5, 0.6) is 0 Å². The average molecular weight is 295 g/mol. The highest BCUT2D eigenvalue weighted by Gasteiger charge is 2.15. The predicted octanol–water partition coefficient (Wildman–Crippen LogP) is 2.70. The molecule has 1 aromatic heterocycles. The monoisotopic (exact) mass is 294 g/mol. The smallest absolute Gasteiger partial charge is 0.147 e. The number of aryl methyl sites for hydroxylation is 1. The Hall–Kier alpha value is -1.46. The minimum Gasteiger partial charge on any atom is -0.314 e. The van der Waals surface area contributed by atoms with Gasteiger partial charge in [-0.1, -0.05) is 17.7 Å². The van der Waals surface area contributed by atoms with E-state index in [1.165, 1.54) is 18.9 Å². The highest BCUT2D eigenvalue weighted by atomic mass is 35.5. The topological polar surface area (TPSA) is 42.7 Å². The van der Waals surface area contributed by atoms with E-state index >= 15 is 0 Å². The van der Waals surface area contributed by atoms with Crippen molar-refractivity contribution >= 4 is 11.6 Å². The van der Waals surface area contributed by atoms with Crippen LogP contribution in [-0.4, -0.2) is 14.8 Å². The molecule has 4 nitrogen and oxygen atoms in total. The molecule has 0 unspecified atom stereocenters. The Bertz CT molecular complexity index is 611. The number of hydrogen-bond acceptors (Lipinski definition) is 3. The van der Waals surface area contributed by atoms with Crippen LogP contribution in [0, 0.1) is 5.82 Å². The Morgan fingerprint density at radius 3 is 3.00 bits per heavy atom. The molecule has 0 saturated carbocycles. The molecule has 0 bridgehead atoms. The van der Waals surface area contributed by atoms with Crippen molar-refractivity contribution in [3.8, 4) is 0 Å². The molecule has 1 N–H and O–H groups in total. The van der Waals surface area contributed by atoms with Gasteiger partial charge >= 0.3 is 0 Å². The minimum atomic E-state index is -0.387. The number of nitrogens with one attached hydrogen (secondary N) is 1. The summed E-state index contributed by atoms with van der Waals surface area (Å²) in [4.78, 5) is 0. The van der Waals surface area contributed by atoms with E-state index in [-0.39, 0.29) is 10.8 Å². The number of halogens is 2. The van der Waals surface area contributed by atoms with E-state index in [0.717, 1.165) is 30.2 Å². The third-order valence-electron chi connectivity index (χ3n) is 3.53. The Labute approximate surface area is 122 Å². The van der Waals surface area contributed by atoms with Crippen molar-refractivity contribution in [2.24, 2.45) is 0 Å². The fourth-order valence-electron chi connectivity index (χ4n) is 2.47. The molecule has 106 valence electrons. The van der Waals surface area contributed by atoms with Crippen molar-refractivity contribution < 1.29 is 4.39 Å². The summed E-state index contributed by atoms with van der Waals surface area (Å²) in [5, 5.41) is 11.9. The maximum atomic E-state index is 13.1. The third kappa shape index (κ3) is 2.83. The zero-order valence-electron chi connectivity index (χ0n) is 11.1. The largest absolute Gasteiger partial charge is 0.314 e. The van der Waals surface area contributed by atoms with Crippen LogP contribution in [0.1, 0.15) is 30.1 Å². The summed E-state index contributed by atoms with van der Waals surface area (Å²) in [5.41, 5.74) is 0.954. The van der Waals surface area contributed by atoms with Crippen LogP contribution in [0.3, 0.4) is 0 Å². The summed E-state index contributed by atoms with van der Waals surface area (Å²) in [7, 11) is 0. The first-order valence-corrected chi connectivity index (χ1v) is 7.17. The molecule has 0 spiro atoms. The van der Waals surface area contributed by atoms with Crippen molar-refractivity contribution in [2.45, 2.75) is 38.9 Å². The molecule has 0 aliphatic carbocycles. The molecule has 2 heterocycles. The highest BCUT2D eigenvalue weighted by molar-refractivity contribution is 6.30. The summed E-state index contributed by atoms with van der Waals surface area (Å²) in [6.07, 6.45) is 3.39. The van der Waals surface area contributed by atoms with Gasteiger partial charge < -0.3 is 9.88 Å². The fourth-order valence-corrected chi connectivity index (χ4v) is 2.67. The summed E-state index contributed by atoms with van der Waals surface area (Å²) < 4.78 is 15.2. The predicted molar refractivity (Wildman–Crippen MR) is 74.9 cm³/mol. The molecule has 0 radical (unpaired) electrons. The Morgan fingerprint density at radius 1 is 1.25 bits per heavy atom. The van der Waals surface area contributed by atoms with E-state index in [4.69, 9.17) is 11.6 Å². The lowest BCUT2D eigenvalue weighted by Crippen LogP contribution is -2.19. The van der Waals surface area contributed by atoms with Gasteiger partial charge in [-0.3, -0.25) is 0 Å². The van der Waals surface area contributed by atoms with Gasteiger partial charge in [0.05, 0.1) is 11.6 Å². The number of aromatic nitrogens is 3.